The summed E-state index contributed by atoms with van der Waals surface area (Å²) >= 11 is 0.924. The van der Waals surface area contributed by atoms with Crippen LogP contribution in [0.25, 0.3) is 0 Å². The third kappa shape index (κ3) is 26.5. The molecule has 0 rings (SSSR count). The maximum atomic E-state index is 10.4. The first-order chi connectivity index (χ1) is 7.97. The van der Waals surface area contributed by atoms with Gasteiger partial charge in [0, 0.05) is 0 Å². The molecular formula is C11H25NaO4S. The van der Waals surface area contributed by atoms with Gasteiger partial charge in [0.2, 0.25) is 0 Å². The Morgan fingerprint density at radius 1 is 0.941 bits per heavy atom. The third-order valence-electron chi connectivity index (χ3n) is 2.26. The van der Waals surface area contributed by atoms with Crippen LogP contribution in [0.2, 0.25) is 0 Å². The number of aliphatic hydroxyl groups excluding tert-OH is 1. The predicted octanol–water partition coefficient (Wildman–Crippen LogP) is 2.12. The van der Waals surface area contributed by atoms with Crippen LogP contribution in [-0.2, 0) is 10.1 Å². The van der Waals surface area contributed by atoms with Crippen LogP contribution in [0.1, 0.15) is 58.3 Å². The number of rotatable bonds is 9. The van der Waals surface area contributed by atoms with E-state index in [9.17, 15) is 8.42 Å². The number of hydrogen-bond donors (Lipinski definition) is 2. The molecule has 0 aliphatic heterocycles. The topological polar surface area (TPSA) is 74.6 Å². The Hall–Kier alpha value is 0.870. The standard InChI is InChI=1S/C10H22O3S.CH3O.Na/c1-2-3-4-5-6-7-8-9-10-14(11,12)13;1-2;/h2-10H2,1H3,(H,11,12,13);2H,1H2;. The number of aliphatic hydroxyl groups is 1. The minimum atomic E-state index is -3.73. The van der Waals surface area contributed by atoms with Gasteiger partial charge in [-0.25, -0.2) is 0 Å². The van der Waals surface area contributed by atoms with Gasteiger partial charge in [0.1, 0.15) is 0 Å². The summed E-state index contributed by atoms with van der Waals surface area (Å²) < 4.78 is 29.6. The minimum absolute atomic E-state index is 0.0814. The fourth-order valence-corrected chi connectivity index (χ4v) is 1.99. The summed E-state index contributed by atoms with van der Waals surface area (Å²) in [5.41, 5.74) is 0. The van der Waals surface area contributed by atoms with Gasteiger partial charge in [-0.2, -0.15) is 8.42 Å². The predicted molar refractivity (Wildman–Crippen MR) is 71.9 cm³/mol. The van der Waals surface area contributed by atoms with Crippen molar-refractivity contribution in [3.05, 3.63) is 0 Å². The van der Waals surface area contributed by atoms with Gasteiger partial charge < -0.3 is 0 Å². The van der Waals surface area contributed by atoms with Gasteiger partial charge in [-0.15, -0.1) is 0 Å². The average Bonchev–Trinajstić information content (AvgIpc) is 2.22. The van der Waals surface area contributed by atoms with Gasteiger partial charge in [-0.05, 0) is 6.42 Å². The van der Waals surface area contributed by atoms with Crippen molar-refractivity contribution in [3.8, 4) is 0 Å². The Bertz CT molecular complexity index is 230. The Kier molecular flexibility index (Phi) is 17.7. The molecule has 0 fully saturated rings. The summed E-state index contributed by atoms with van der Waals surface area (Å²) in [7, 11) is -3.73. The van der Waals surface area contributed by atoms with E-state index in [0.717, 1.165) is 40.8 Å². The van der Waals surface area contributed by atoms with Crippen LogP contribution in [0.4, 0.5) is 0 Å². The molecule has 0 heterocycles. The number of hydrogen-bond acceptors (Lipinski definition) is 3. The van der Waals surface area contributed by atoms with E-state index >= 15 is 0 Å². The Morgan fingerprint density at radius 3 is 1.65 bits per heavy atom. The SMILES string of the molecule is CCCCCCCCCCS(=O)(=O)O.O[CH2][Na]. The van der Waals surface area contributed by atoms with E-state index < -0.39 is 10.1 Å². The van der Waals surface area contributed by atoms with Crippen molar-refractivity contribution in [1.29, 1.82) is 0 Å². The molecule has 0 aromatic heterocycles. The molecule has 0 unspecified atom stereocenters. The van der Waals surface area contributed by atoms with Crippen molar-refractivity contribution in [2.45, 2.75) is 58.3 Å². The molecule has 4 nitrogen and oxygen atoms in total. The van der Waals surface area contributed by atoms with Crippen LogP contribution in [0.5, 0.6) is 0 Å². The molecule has 0 aliphatic rings. The molecule has 2 N–H and O–H groups in total. The molecule has 0 aliphatic carbocycles. The monoisotopic (exact) mass is 276 g/mol. The van der Waals surface area contributed by atoms with Crippen molar-refractivity contribution in [3.63, 3.8) is 0 Å². The van der Waals surface area contributed by atoms with Gasteiger partial charge in [0.25, 0.3) is 10.1 Å². The van der Waals surface area contributed by atoms with E-state index in [-0.39, 0.29) is 5.75 Å². The zero-order valence-electron chi connectivity index (χ0n) is 11.2. The van der Waals surface area contributed by atoms with Crippen molar-refractivity contribution >= 4 is 38.0 Å². The first-order valence-corrected chi connectivity index (χ1v) is 9.56. The fraction of sp³-hybridized carbons (Fsp3) is 1.00. The average molecular weight is 276 g/mol. The van der Waals surface area contributed by atoms with Crippen LogP contribution in [0.15, 0.2) is 0 Å². The van der Waals surface area contributed by atoms with E-state index in [1.54, 1.807) is 0 Å². The van der Waals surface area contributed by atoms with E-state index in [1.165, 1.54) is 32.1 Å². The van der Waals surface area contributed by atoms with Crippen molar-refractivity contribution in [1.82, 2.24) is 0 Å². The second kappa shape index (κ2) is 14.9. The molecule has 0 bridgehead atoms. The zero-order valence-corrected chi connectivity index (χ0v) is 14.0. The molecule has 0 saturated carbocycles. The summed E-state index contributed by atoms with van der Waals surface area (Å²) in [6, 6.07) is 0. The summed E-state index contributed by atoms with van der Waals surface area (Å²) in [5, 5.41) is 7.63. The molecule has 0 amide bonds. The number of unbranched alkanes of at least 4 members (excludes halogenated alkanes) is 7. The summed E-state index contributed by atoms with van der Waals surface area (Å²) in [4.78, 5) is 0. The van der Waals surface area contributed by atoms with E-state index in [2.05, 4.69) is 6.92 Å². The third-order valence-corrected chi connectivity index (χ3v) is 3.06. The summed E-state index contributed by atoms with van der Waals surface area (Å²) in [6.45, 7) is 2.19. The maximum absolute atomic E-state index is 10.4. The van der Waals surface area contributed by atoms with Crippen molar-refractivity contribution in [2.24, 2.45) is 0 Å². The molecule has 0 atom stereocenters. The quantitative estimate of drug-likeness (QED) is 0.384. The Morgan fingerprint density at radius 2 is 1.29 bits per heavy atom. The molecule has 0 aromatic rings. The Labute approximate surface area is 123 Å². The molecule has 6 heteroatoms. The second-order valence-electron chi connectivity index (χ2n) is 4.08. The molecular weight excluding hydrogens is 251 g/mol. The Balaban J connectivity index is 0. The molecule has 0 spiro atoms. The van der Waals surface area contributed by atoms with Gasteiger partial charge in [-0.1, -0.05) is 51.9 Å². The molecule has 100 valence electrons. The molecule has 17 heavy (non-hydrogen) atoms. The van der Waals surface area contributed by atoms with Crippen molar-refractivity contribution < 1.29 is 18.1 Å². The van der Waals surface area contributed by atoms with Crippen LogP contribution >= 0.6 is 0 Å². The van der Waals surface area contributed by atoms with E-state index in [1.807, 2.05) is 0 Å². The first-order valence-electron chi connectivity index (χ1n) is 6.54. The normalized spacial score (nSPS) is 10.9. The van der Waals surface area contributed by atoms with Crippen molar-refractivity contribution in [2.75, 3.05) is 9.61 Å². The van der Waals surface area contributed by atoms with Crippen LogP contribution in [0, 0.1) is 0 Å². The summed E-state index contributed by atoms with van der Waals surface area (Å²) in [5.74, 6) is -0.0814. The fourth-order valence-electron chi connectivity index (χ4n) is 1.42. The van der Waals surface area contributed by atoms with E-state index in [0.29, 0.717) is 10.3 Å². The first kappa shape index (κ1) is 20.2. The molecule has 0 radical (unpaired) electrons. The van der Waals surface area contributed by atoms with E-state index in [4.69, 9.17) is 9.66 Å². The molecule has 0 aromatic carbocycles. The molecule has 0 saturated heterocycles. The van der Waals surface area contributed by atoms with Gasteiger partial charge in [0.15, 0.2) is 0 Å². The van der Waals surface area contributed by atoms with Crippen LogP contribution in [-0.4, -0.2) is 55.6 Å². The van der Waals surface area contributed by atoms with Gasteiger partial charge in [0.05, 0.1) is 5.75 Å². The van der Waals surface area contributed by atoms with Crippen LogP contribution in [0.3, 0.4) is 0 Å². The zero-order chi connectivity index (χ0) is 13.6. The van der Waals surface area contributed by atoms with Gasteiger partial charge >= 0.3 is 36.9 Å². The van der Waals surface area contributed by atoms with Crippen LogP contribution < -0.4 is 0 Å². The second-order valence-corrected chi connectivity index (χ2v) is 6.28. The summed E-state index contributed by atoms with van der Waals surface area (Å²) in [6.07, 6.45) is 8.85. The van der Waals surface area contributed by atoms with Gasteiger partial charge in [-0.3, -0.25) is 4.55 Å².